The molecule has 1 aromatic rings. The standard InChI is InChI=1S/C10H14IN3O2/c1-2-3-5-16-6-4-12-9-8(11)10(15)14-7-13-9/h2,7H,1,3-6H2,(H2,12,13,14,15). The van der Waals surface area contributed by atoms with Crippen LogP contribution in [0.3, 0.4) is 0 Å². The molecule has 1 aromatic heterocycles. The van der Waals surface area contributed by atoms with Gasteiger partial charge in [0, 0.05) is 6.54 Å². The molecule has 0 spiro atoms. The number of aromatic amines is 1. The van der Waals surface area contributed by atoms with Gasteiger partial charge in [-0.1, -0.05) is 6.08 Å². The number of nitrogens with one attached hydrogen (secondary N) is 2. The van der Waals surface area contributed by atoms with Gasteiger partial charge in [-0.15, -0.1) is 6.58 Å². The molecule has 0 bridgehead atoms. The van der Waals surface area contributed by atoms with Gasteiger partial charge in [0.2, 0.25) is 0 Å². The quantitative estimate of drug-likeness (QED) is 0.449. The first-order chi connectivity index (χ1) is 7.75. The van der Waals surface area contributed by atoms with E-state index in [1.807, 2.05) is 28.7 Å². The van der Waals surface area contributed by atoms with Crippen LogP contribution in [-0.4, -0.2) is 29.7 Å². The van der Waals surface area contributed by atoms with Gasteiger partial charge in [0.15, 0.2) is 0 Å². The van der Waals surface area contributed by atoms with E-state index in [-0.39, 0.29) is 5.56 Å². The number of H-pyrrole nitrogens is 1. The highest BCUT2D eigenvalue weighted by molar-refractivity contribution is 14.1. The van der Waals surface area contributed by atoms with Gasteiger partial charge in [-0.25, -0.2) is 4.98 Å². The van der Waals surface area contributed by atoms with Gasteiger partial charge < -0.3 is 15.0 Å². The van der Waals surface area contributed by atoms with Crippen molar-refractivity contribution in [1.82, 2.24) is 9.97 Å². The fourth-order valence-corrected chi connectivity index (χ4v) is 1.50. The number of rotatable bonds is 7. The Balaban J connectivity index is 2.29. The van der Waals surface area contributed by atoms with Crippen LogP contribution in [0.1, 0.15) is 6.42 Å². The monoisotopic (exact) mass is 335 g/mol. The average molecular weight is 335 g/mol. The summed E-state index contributed by atoms with van der Waals surface area (Å²) in [5.41, 5.74) is -0.134. The first kappa shape index (κ1) is 13.2. The molecule has 5 nitrogen and oxygen atoms in total. The van der Waals surface area contributed by atoms with E-state index in [1.165, 1.54) is 6.33 Å². The Morgan fingerprint density at radius 3 is 3.19 bits per heavy atom. The highest BCUT2D eigenvalue weighted by Crippen LogP contribution is 2.07. The highest BCUT2D eigenvalue weighted by atomic mass is 127. The second kappa shape index (κ2) is 7.39. The molecule has 88 valence electrons. The number of anilines is 1. The maximum absolute atomic E-state index is 11.2. The second-order valence-electron chi connectivity index (χ2n) is 3.01. The van der Waals surface area contributed by atoms with E-state index in [4.69, 9.17) is 4.74 Å². The number of nitrogens with zero attached hydrogens (tertiary/aromatic N) is 1. The van der Waals surface area contributed by atoms with Gasteiger partial charge in [-0.3, -0.25) is 4.79 Å². The third-order valence-electron chi connectivity index (χ3n) is 1.80. The zero-order chi connectivity index (χ0) is 11.8. The molecule has 2 N–H and O–H groups in total. The minimum Gasteiger partial charge on any atom is -0.379 e. The summed E-state index contributed by atoms with van der Waals surface area (Å²) in [7, 11) is 0. The Bertz CT molecular complexity index is 392. The molecular weight excluding hydrogens is 321 g/mol. The fourth-order valence-electron chi connectivity index (χ4n) is 1.02. The van der Waals surface area contributed by atoms with Crippen molar-refractivity contribution in [3.8, 4) is 0 Å². The summed E-state index contributed by atoms with van der Waals surface area (Å²) in [4.78, 5) is 17.8. The van der Waals surface area contributed by atoms with Crippen LogP contribution in [0.5, 0.6) is 0 Å². The molecule has 0 atom stereocenters. The van der Waals surface area contributed by atoms with Gasteiger partial charge in [0.05, 0.1) is 19.5 Å². The number of ether oxygens (including phenoxy) is 1. The normalized spacial score (nSPS) is 10.1. The molecule has 1 heterocycles. The van der Waals surface area contributed by atoms with E-state index in [1.54, 1.807) is 0 Å². The third-order valence-corrected chi connectivity index (χ3v) is 2.80. The summed E-state index contributed by atoms with van der Waals surface area (Å²) in [6, 6.07) is 0. The molecule has 0 fully saturated rings. The van der Waals surface area contributed by atoms with Gasteiger partial charge >= 0.3 is 0 Å². The lowest BCUT2D eigenvalue weighted by molar-refractivity contribution is 0.149. The molecule has 0 unspecified atom stereocenters. The molecule has 1 rings (SSSR count). The van der Waals surface area contributed by atoms with E-state index >= 15 is 0 Å². The van der Waals surface area contributed by atoms with Crippen molar-refractivity contribution in [3.63, 3.8) is 0 Å². The van der Waals surface area contributed by atoms with E-state index < -0.39 is 0 Å². The predicted octanol–water partition coefficient (Wildman–Crippen LogP) is 1.38. The maximum atomic E-state index is 11.2. The molecule has 6 heteroatoms. The molecule has 0 aliphatic rings. The number of aromatic nitrogens is 2. The van der Waals surface area contributed by atoms with Crippen molar-refractivity contribution in [3.05, 3.63) is 32.9 Å². The van der Waals surface area contributed by atoms with Crippen LogP contribution in [0, 0.1) is 3.57 Å². The Kier molecular flexibility index (Phi) is 6.09. The first-order valence-electron chi connectivity index (χ1n) is 4.91. The van der Waals surface area contributed by atoms with Crippen molar-refractivity contribution < 1.29 is 4.74 Å². The molecule has 0 aromatic carbocycles. The molecule has 0 aliphatic heterocycles. The van der Waals surface area contributed by atoms with Crippen molar-refractivity contribution in [2.24, 2.45) is 0 Å². The Labute approximate surface area is 107 Å². The first-order valence-corrected chi connectivity index (χ1v) is 5.99. The molecule has 0 saturated carbocycles. The number of halogens is 1. The summed E-state index contributed by atoms with van der Waals surface area (Å²) in [6.45, 7) is 5.48. The Morgan fingerprint density at radius 2 is 2.44 bits per heavy atom. The summed E-state index contributed by atoms with van der Waals surface area (Å²) in [5, 5.41) is 3.04. The summed E-state index contributed by atoms with van der Waals surface area (Å²) >= 11 is 1.96. The zero-order valence-corrected chi connectivity index (χ0v) is 11.0. The minimum absolute atomic E-state index is 0.134. The van der Waals surface area contributed by atoms with Crippen LogP contribution >= 0.6 is 22.6 Å². The van der Waals surface area contributed by atoms with Crippen LogP contribution in [-0.2, 0) is 4.74 Å². The predicted molar refractivity (Wildman–Crippen MR) is 71.7 cm³/mol. The van der Waals surface area contributed by atoms with E-state index in [2.05, 4.69) is 21.9 Å². The van der Waals surface area contributed by atoms with E-state index in [9.17, 15) is 4.79 Å². The summed E-state index contributed by atoms with van der Waals surface area (Å²) < 4.78 is 5.88. The van der Waals surface area contributed by atoms with E-state index in [0.29, 0.717) is 29.1 Å². The van der Waals surface area contributed by atoms with Gasteiger partial charge in [-0.2, -0.15) is 0 Å². The smallest absolute Gasteiger partial charge is 0.266 e. The molecular formula is C10H14IN3O2. The average Bonchev–Trinajstić information content (AvgIpc) is 2.29. The highest BCUT2D eigenvalue weighted by Gasteiger charge is 2.03. The zero-order valence-electron chi connectivity index (χ0n) is 8.83. The topological polar surface area (TPSA) is 67.0 Å². The second-order valence-corrected chi connectivity index (χ2v) is 4.09. The van der Waals surface area contributed by atoms with Crippen LogP contribution in [0.15, 0.2) is 23.8 Å². The third kappa shape index (κ3) is 4.31. The summed E-state index contributed by atoms with van der Waals surface area (Å²) in [5.74, 6) is 0.594. The number of hydrogen-bond donors (Lipinski definition) is 2. The lowest BCUT2D eigenvalue weighted by Gasteiger charge is -2.06. The van der Waals surface area contributed by atoms with Crippen LogP contribution in [0.4, 0.5) is 5.82 Å². The van der Waals surface area contributed by atoms with Gasteiger partial charge in [0.1, 0.15) is 9.39 Å². The van der Waals surface area contributed by atoms with Crippen LogP contribution in [0.25, 0.3) is 0 Å². The molecule has 0 amide bonds. The van der Waals surface area contributed by atoms with E-state index in [0.717, 1.165) is 6.42 Å². The van der Waals surface area contributed by atoms with Crippen LogP contribution < -0.4 is 10.9 Å². The van der Waals surface area contributed by atoms with Crippen molar-refractivity contribution in [1.29, 1.82) is 0 Å². The Hall–Kier alpha value is -0.890. The van der Waals surface area contributed by atoms with Crippen LogP contribution in [0.2, 0.25) is 0 Å². The van der Waals surface area contributed by atoms with Gasteiger partial charge in [-0.05, 0) is 29.0 Å². The SMILES string of the molecule is C=CCCOCCNc1nc[nH]c(=O)c1I. The summed E-state index contributed by atoms with van der Waals surface area (Å²) in [6.07, 6.45) is 4.04. The minimum atomic E-state index is -0.134. The fraction of sp³-hybridized carbons (Fsp3) is 0.400. The molecule has 16 heavy (non-hydrogen) atoms. The van der Waals surface area contributed by atoms with Crippen molar-refractivity contribution >= 4 is 28.4 Å². The maximum Gasteiger partial charge on any atom is 0.266 e. The molecule has 0 saturated heterocycles. The molecule has 0 radical (unpaired) electrons. The largest absolute Gasteiger partial charge is 0.379 e. The lowest BCUT2D eigenvalue weighted by atomic mass is 10.4. The number of hydrogen-bond acceptors (Lipinski definition) is 4. The Morgan fingerprint density at radius 1 is 1.62 bits per heavy atom. The lowest BCUT2D eigenvalue weighted by Crippen LogP contribution is -2.17. The molecule has 0 aliphatic carbocycles. The van der Waals surface area contributed by atoms with Gasteiger partial charge in [0.25, 0.3) is 5.56 Å². The van der Waals surface area contributed by atoms with Crippen molar-refractivity contribution in [2.75, 3.05) is 25.1 Å². The van der Waals surface area contributed by atoms with Crippen molar-refractivity contribution in [2.45, 2.75) is 6.42 Å².